The summed E-state index contributed by atoms with van der Waals surface area (Å²) in [6.07, 6.45) is 17.5. The third-order valence-corrected chi connectivity index (χ3v) is 14.5. The fraction of sp³-hybridized carbons (Fsp3) is 0.641. The maximum absolute atomic E-state index is 13.7. The van der Waals surface area contributed by atoms with Gasteiger partial charge in [0, 0.05) is 5.92 Å². The minimum absolute atomic E-state index is 0.0229. The zero-order valence-corrected chi connectivity index (χ0v) is 27.4. The van der Waals surface area contributed by atoms with Crippen molar-refractivity contribution in [1.29, 1.82) is 0 Å². The molecule has 6 rings (SSSR count). The van der Waals surface area contributed by atoms with Crippen molar-refractivity contribution in [2.75, 3.05) is 0 Å². The predicted molar refractivity (Wildman–Crippen MR) is 172 cm³/mol. The van der Waals surface area contributed by atoms with Crippen LogP contribution in [0.3, 0.4) is 0 Å². The maximum Gasteiger partial charge on any atom is 0.309 e. The molecule has 232 valence electrons. The lowest BCUT2D eigenvalue weighted by atomic mass is 9.35. The zero-order chi connectivity index (χ0) is 31.2. The first-order valence-electron chi connectivity index (χ1n) is 16.7. The first-order chi connectivity index (χ1) is 20.0. The first kappa shape index (κ1) is 30.4. The van der Waals surface area contributed by atoms with E-state index in [0.29, 0.717) is 11.8 Å². The molecule has 0 aromatic heterocycles. The van der Waals surface area contributed by atoms with Crippen molar-refractivity contribution in [3.8, 4) is 5.75 Å². The number of fused-ring (bicyclic) bond motifs is 7. The molecular weight excluding hydrogens is 532 g/mol. The number of aliphatic carboxylic acids is 1. The summed E-state index contributed by atoms with van der Waals surface area (Å²) in [4.78, 5) is 26.1. The van der Waals surface area contributed by atoms with Crippen LogP contribution in [0.5, 0.6) is 5.75 Å². The van der Waals surface area contributed by atoms with E-state index < -0.39 is 11.4 Å². The summed E-state index contributed by atoms with van der Waals surface area (Å²) < 4.78 is 0. The number of benzene rings is 1. The van der Waals surface area contributed by atoms with E-state index in [2.05, 4.69) is 53.7 Å². The molecule has 5 aliphatic rings. The first-order valence-corrected chi connectivity index (χ1v) is 16.7. The number of phenols is 1. The average molecular weight is 585 g/mol. The van der Waals surface area contributed by atoms with Gasteiger partial charge in [-0.3, -0.25) is 9.59 Å². The van der Waals surface area contributed by atoms with Gasteiger partial charge in [-0.1, -0.05) is 71.9 Å². The second kappa shape index (κ2) is 9.69. The highest BCUT2D eigenvalue weighted by Crippen LogP contribution is 2.74. The van der Waals surface area contributed by atoms with Crippen LogP contribution in [0.1, 0.15) is 112 Å². The molecule has 43 heavy (non-hydrogen) atoms. The Bertz CT molecular complexity index is 1430. The molecule has 1 aromatic carbocycles. The van der Waals surface area contributed by atoms with Crippen molar-refractivity contribution in [3.05, 3.63) is 59.2 Å². The molecule has 0 spiro atoms. The molecule has 4 nitrogen and oxygen atoms in total. The molecule has 0 heterocycles. The van der Waals surface area contributed by atoms with Gasteiger partial charge >= 0.3 is 5.97 Å². The molecule has 8 atom stereocenters. The summed E-state index contributed by atoms with van der Waals surface area (Å²) in [6.45, 7) is 16.6. The molecule has 3 fully saturated rings. The molecule has 2 N–H and O–H groups in total. The summed E-state index contributed by atoms with van der Waals surface area (Å²) in [6, 6.07) is 6.98. The van der Waals surface area contributed by atoms with Crippen LogP contribution in [-0.2, 0) is 9.59 Å². The normalized spacial score (nSPS) is 43.4. The van der Waals surface area contributed by atoms with Gasteiger partial charge < -0.3 is 10.2 Å². The van der Waals surface area contributed by atoms with Gasteiger partial charge in [-0.2, -0.15) is 0 Å². The minimum atomic E-state index is -0.640. The zero-order valence-electron chi connectivity index (χ0n) is 27.4. The van der Waals surface area contributed by atoms with Gasteiger partial charge in [0.1, 0.15) is 5.75 Å². The molecule has 5 aliphatic carbocycles. The highest BCUT2D eigenvalue weighted by molar-refractivity contribution is 5.96. The number of hydrogen-bond donors (Lipinski definition) is 2. The molecule has 4 heteroatoms. The highest BCUT2D eigenvalue weighted by Gasteiger charge is 2.66. The Labute approximate surface area is 258 Å². The topological polar surface area (TPSA) is 74.6 Å². The van der Waals surface area contributed by atoms with Gasteiger partial charge in [0.25, 0.3) is 0 Å². The number of aromatic hydroxyl groups is 1. The van der Waals surface area contributed by atoms with Crippen LogP contribution in [0.25, 0.3) is 6.08 Å². The Hall–Kier alpha value is -2.62. The number of carbonyl (C=O) groups is 2. The summed E-state index contributed by atoms with van der Waals surface area (Å²) in [5.74, 6) is 0.542. The Morgan fingerprint density at radius 1 is 0.837 bits per heavy atom. The molecule has 0 aliphatic heterocycles. The lowest BCUT2D eigenvalue weighted by Crippen LogP contribution is -2.61. The number of phenolic OH excluding ortho intramolecular Hbond substituents is 1. The van der Waals surface area contributed by atoms with Gasteiger partial charge in [0.2, 0.25) is 0 Å². The standard InChI is InChI=1S/C39H52O4/c1-34(2)29(30(41)14-10-25-8-11-26(40)12-9-25)16-18-37(5)27-17-19-39(7)32-24-36(4,33(42)43)21-20-35(32,3)22-23-38(39,6)28(27)13-15-31(34)37/h8-14,17,29,31-32,40H,15-16,18-24H2,1-7H3,(H,42,43)/b14-10+/t29-,31+,32-,35-,36-,37-,38-,39+/m1/s1. The minimum Gasteiger partial charge on any atom is -0.508 e. The van der Waals surface area contributed by atoms with Gasteiger partial charge in [0.15, 0.2) is 5.78 Å². The molecule has 0 saturated heterocycles. The van der Waals surface area contributed by atoms with Crippen molar-refractivity contribution >= 4 is 17.8 Å². The van der Waals surface area contributed by atoms with Crippen LogP contribution in [0, 0.1) is 50.2 Å². The van der Waals surface area contributed by atoms with Crippen LogP contribution in [0.2, 0.25) is 0 Å². The lowest BCUT2D eigenvalue weighted by Gasteiger charge is -2.68. The van der Waals surface area contributed by atoms with E-state index in [0.717, 1.165) is 56.9 Å². The number of carbonyl (C=O) groups excluding carboxylic acids is 1. The Morgan fingerprint density at radius 2 is 1.51 bits per heavy atom. The maximum atomic E-state index is 13.7. The average Bonchev–Trinajstić information content (AvgIpc) is 2.94. The quantitative estimate of drug-likeness (QED) is 0.346. The van der Waals surface area contributed by atoms with Crippen molar-refractivity contribution in [2.24, 2.45) is 50.2 Å². The van der Waals surface area contributed by atoms with Crippen molar-refractivity contribution < 1.29 is 19.8 Å². The van der Waals surface area contributed by atoms with Crippen molar-refractivity contribution in [1.82, 2.24) is 0 Å². The van der Waals surface area contributed by atoms with Crippen molar-refractivity contribution in [3.63, 3.8) is 0 Å². The number of hydrogen-bond acceptors (Lipinski definition) is 3. The lowest BCUT2D eigenvalue weighted by molar-refractivity contribution is -0.170. The molecule has 0 unspecified atom stereocenters. The summed E-state index contributed by atoms with van der Waals surface area (Å²) >= 11 is 0. The SMILES string of the molecule is CC1(C)[C@@H](C(=O)/C=C/c2ccc(O)cc2)CC[C@]2(C)C3=CC[C@@]4(C)[C@@H]5C[C@](C)(C(=O)O)CC[C@]5(C)CC[C@]4(C)C3=CC[C@@H]12. The van der Waals surface area contributed by atoms with E-state index in [1.165, 1.54) is 17.6 Å². The monoisotopic (exact) mass is 584 g/mol. The van der Waals surface area contributed by atoms with Crippen LogP contribution in [0.4, 0.5) is 0 Å². The van der Waals surface area contributed by atoms with E-state index in [4.69, 9.17) is 0 Å². The fourth-order valence-electron chi connectivity index (χ4n) is 11.2. The van der Waals surface area contributed by atoms with E-state index in [-0.39, 0.29) is 44.5 Å². The molecule has 3 saturated carbocycles. The van der Waals surface area contributed by atoms with Crippen LogP contribution in [-0.4, -0.2) is 22.0 Å². The van der Waals surface area contributed by atoms with Crippen molar-refractivity contribution in [2.45, 2.75) is 106 Å². The fourth-order valence-corrected chi connectivity index (χ4v) is 11.2. The summed E-state index contributed by atoms with van der Waals surface area (Å²) in [7, 11) is 0. The smallest absolute Gasteiger partial charge is 0.309 e. The van der Waals surface area contributed by atoms with Gasteiger partial charge in [-0.05, 0) is 139 Å². The number of allylic oxidation sites excluding steroid dienone is 5. The second-order valence-corrected chi connectivity index (χ2v) is 16.9. The molecule has 0 radical (unpaired) electrons. The van der Waals surface area contributed by atoms with E-state index in [1.807, 2.05) is 25.1 Å². The van der Waals surface area contributed by atoms with Crippen LogP contribution in [0.15, 0.2) is 53.6 Å². The van der Waals surface area contributed by atoms with E-state index in [9.17, 15) is 19.8 Å². The number of rotatable bonds is 4. The third-order valence-electron chi connectivity index (χ3n) is 14.5. The highest BCUT2D eigenvalue weighted by atomic mass is 16.4. The summed E-state index contributed by atoms with van der Waals surface area (Å²) in [5, 5.41) is 19.8. The van der Waals surface area contributed by atoms with Gasteiger partial charge in [0.05, 0.1) is 5.41 Å². The number of ketones is 1. The molecular formula is C39H52O4. The van der Waals surface area contributed by atoms with E-state index in [1.54, 1.807) is 18.2 Å². The van der Waals surface area contributed by atoms with Gasteiger partial charge in [-0.15, -0.1) is 0 Å². The van der Waals surface area contributed by atoms with Gasteiger partial charge in [-0.25, -0.2) is 0 Å². The Kier molecular flexibility index (Phi) is 6.85. The Morgan fingerprint density at radius 3 is 2.19 bits per heavy atom. The van der Waals surface area contributed by atoms with Crippen LogP contribution < -0.4 is 0 Å². The molecule has 1 aromatic rings. The third kappa shape index (κ3) is 4.28. The number of carboxylic acid groups (broad SMARTS) is 1. The summed E-state index contributed by atoms with van der Waals surface area (Å²) in [5.41, 5.74) is 3.48. The molecule has 0 bridgehead atoms. The second-order valence-electron chi connectivity index (χ2n) is 16.9. The largest absolute Gasteiger partial charge is 0.508 e. The van der Waals surface area contributed by atoms with Crippen LogP contribution >= 0.6 is 0 Å². The Balaban J connectivity index is 1.31. The molecule has 0 amide bonds. The predicted octanol–water partition coefficient (Wildman–Crippen LogP) is 9.40. The number of carboxylic acids is 1. The van der Waals surface area contributed by atoms with E-state index >= 15 is 0 Å².